The Morgan fingerprint density at radius 3 is 2.71 bits per heavy atom. The zero-order valence-electron chi connectivity index (χ0n) is 28.5. The molecule has 0 spiro atoms. The first-order chi connectivity index (χ1) is 24.2. The Kier molecular flexibility index (Phi) is 8.95. The van der Waals surface area contributed by atoms with Crippen molar-refractivity contribution < 1.29 is 28.2 Å². The molecule has 11 nitrogen and oxygen atoms in total. The molecule has 2 atom stereocenters. The van der Waals surface area contributed by atoms with Gasteiger partial charge in [0.05, 0.1) is 43.7 Å². The summed E-state index contributed by atoms with van der Waals surface area (Å²) in [5, 5.41) is 34.7. The number of carbonyl (C=O) groups is 1. The van der Waals surface area contributed by atoms with Crippen LogP contribution in [-0.4, -0.2) is 82.3 Å². The number of fused-ring (bicyclic) bond motifs is 3. The van der Waals surface area contributed by atoms with E-state index in [0.29, 0.717) is 36.9 Å². The molecule has 2 aromatic carbocycles. The van der Waals surface area contributed by atoms with E-state index < -0.39 is 35.3 Å². The van der Waals surface area contributed by atoms with Gasteiger partial charge in [0.25, 0.3) is 0 Å². The first-order valence-electron chi connectivity index (χ1n) is 16.7. The predicted octanol–water partition coefficient (Wildman–Crippen LogP) is 7.31. The van der Waals surface area contributed by atoms with Crippen molar-refractivity contribution in [2.45, 2.75) is 82.3 Å². The Morgan fingerprint density at radius 1 is 1.27 bits per heavy atom. The van der Waals surface area contributed by atoms with E-state index in [9.17, 15) is 24.8 Å². The van der Waals surface area contributed by atoms with Crippen molar-refractivity contribution in [1.29, 1.82) is 10.5 Å². The second-order valence-corrected chi connectivity index (χ2v) is 15.9. The number of benzene rings is 2. The predicted molar refractivity (Wildman–Crippen MR) is 191 cm³/mol. The summed E-state index contributed by atoms with van der Waals surface area (Å²) < 4.78 is 41.6. The number of amides is 1. The van der Waals surface area contributed by atoms with E-state index in [4.69, 9.17) is 26.1 Å². The molecule has 1 aliphatic carbocycles. The van der Waals surface area contributed by atoms with Crippen molar-refractivity contribution >= 4 is 60.7 Å². The molecular formula is C36H36ClF2N7O4S. The van der Waals surface area contributed by atoms with Crippen LogP contribution >= 0.6 is 22.9 Å². The second-order valence-electron chi connectivity index (χ2n) is 14.5. The van der Waals surface area contributed by atoms with Crippen LogP contribution in [0.5, 0.6) is 6.01 Å². The molecule has 0 bridgehead atoms. The number of carbonyl (C=O) groups excluding carboxylic acids is 1. The Labute approximate surface area is 302 Å². The van der Waals surface area contributed by atoms with Crippen molar-refractivity contribution in [3.05, 3.63) is 40.3 Å². The molecule has 2 aromatic heterocycles. The van der Waals surface area contributed by atoms with Gasteiger partial charge in [-0.2, -0.15) is 15.5 Å². The minimum absolute atomic E-state index is 0.00447. The summed E-state index contributed by atoms with van der Waals surface area (Å²) in [5.41, 5.74) is -0.0601. The number of nitrogens with one attached hydrogen (secondary N) is 1. The number of anilines is 2. The average molecular weight is 736 g/mol. The summed E-state index contributed by atoms with van der Waals surface area (Å²) in [4.78, 5) is 26.0. The van der Waals surface area contributed by atoms with Gasteiger partial charge in [-0.25, -0.2) is 18.6 Å². The number of alkyl halides is 1. The van der Waals surface area contributed by atoms with Crippen LogP contribution in [0.1, 0.15) is 64.0 Å². The maximum absolute atomic E-state index is 15.5. The van der Waals surface area contributed by atoms with Crippen LogP contribution in [-0.2, 0) is 4.74 Å². The van der Waals surface area contributed by atoms with Crippen molar-refractivity contribution in [1.82, 2.24) is 14.9 Å². The van der Waals surface area contributed by atoms with Gasteiger partial charge in [-0.1, -0.05) is 17.7 Å². The summed E-state index contributed by atoms with van der Waals surface area (Å²) >= 11 is 8.14. The maximum Gasteiger partial charge on any atom is 0.412 e. The fourth-order valence-electron chi connectivity index (χ4n) is 7.65. The van der Waals surface area contributed by atoms with Gasteiger partial charge in [0.15, 0.2) is 0 Å². The van der Waals surface area contributed by atoms with Gasteiger partial charge in [0, 0.05) is 48.6 Å². The van der Waals surface area contributed by atoms with Crippen LogP contribution < -0.4 is 15.0 Å². The fourth-order valence-corrected chi connectivity index (χ4v) is 9.15. The molecule has 0 unspecified atom stereocenters. The maximum atomic E-state index is 15.5. The van der Waals surface area contributed by atoms with Crippen molar-refractivity contribution in [2.24, 2.45) is 0 Å². The standard InChI is InChI=1S/C36H36ClF2N7O4S/c1-35(2,3)50-34(48)44-32-23(14-41)27-21(6-7-25(39)31(27)51-32)26-22(13-40)29-24(30(28(26)37)45(4)19-10-20(47)11-19)15-42-33(43-29)49-17-36-8-5-9-46(36)16-18(38)12-36/h6-7,15,18-20,47H,5,8-12,16-17H2,1-4H3,(H,44,48)/t18-,19?,20?,36+/m1/s1. The minimum Gasteiger partial charge on any atom is -0.461 e. The molecule has 1 saturated carbocycles. The fraction of sp³-hybridized carbons (Fsp3) is 0.472. The third-order valence-electron chi connectivity index (χ3n) is 10.1. The van der Waals surface area contributed by atoms with Crippen LogP contribution in [0, 0.1) is 28.5 Å². The van der Waals surface area contributed by atoms with Crippen LogP contribution in [0.4, 0.5) is 24.3 Å². The van der Waals surface area contributed by atoms with E-state index >= 15 is 4.39 Å². The van der Waals surface area contributed by atoms with Gasteiger partial charge in [-0.15, -0.1) is 11.3 Å². The number of thiophene rings is 1. The number of aromatic nitrogens is 2. The Balaban J connectivity index is 1.40. The number of aliphatic hydroxyl groups is 1. The van der Waals surface area contributed by atoms with Crippen molar-refractivity contribution in [3.8, 4) is 29.3 Å². The Hall–Kier alpha value is -4.34. The van der Waals surface area contributed by atoms with Crippen molar-refractivity contribution in [3.63, 3.8) is 0 Å². The monoisotopic (exact) mass is 735 g/mol. The summed E-state index contributed by atoms with van der Waals surface area (Å²) in [5.74, 6) is -0.635. The highest BCUT2D eigenvalue weighted by Crippen LogP contribution is 2.50. The molecule has 4 heterocycles. The van der Waals surface area contributed by atoms with Gasteiger partial charge in [0.1, 0.15) is 41.3 Å². The normalized spacial score (nSPS) is 23.1. The number of nitrogens with zero attached hydrogens (tertiary/aromatic N) is 6. The van der Waals surface area contributed by atoms with E-state index in [1.807, 2.05) is 11.9 Å². The minimum atomic E-state index is -0.938. The largest absolute Gasteiger partial charge is 0.461 e. The van der Waals surface area contributed by atoms with E-state index in [0.717, 1.165) is 30.7 Å². The quantitative estimate of drug-likeness (QED) is 0.198. The van der Waals surface area contributed by atoms with Gasteiger partial charge in [-0.05, 0) is 64.6 Å². The molecule has 2 aliphatic heterocycles. The molecular weight excluding hydrogens is 700 g/mol. The van der Waals surface area contributed by atoms with Crippen LogP contribution in [0.15, 0.2) is 18.3 Å². The molecule has 15 heteroatoms. The highest BCUT2D eigenvalue weighted by atomic mass is 35.5. The molecule has 51 heavy (non-hydrogen) atoms. The van der Waals surface area contributed by atoms with E-state index in [1.54, 1.807) is 27.0 Å². The molecule has 7 rings (SSSR count). The topological polar surface area (TPSA) is 148 Å². The Morgan fingerprint density at radius 2 is 2.02 bits per heavy atom. The highest BCUT2D eigenvalue weighted by molar-refractivity contribution is 7.23. The molecule has 2 saturated heterocycles. The zero-order valence-corrected chi connectivity index (χ0v) is 30.1. The van der Waals surface area contributed by atoms with Gasteiger partial charge in [-0.3, -0.25) is 10.2 Å². The first kappa shape index (κ1) is 35.1. The van der Waals surface area contributed by atoms with Crippen LogP contribution in [0.3, 0.4) is 0 Å². The molecule has 266 valence electrons. The number of halogens is 3. The van der Waals surface area contributed by atoms with Crippen LogP contribution in [0.25, 0.3) is 32.1 Å². The SMILES string of the molecule is CN(c1c(Cl)c(-c2ccc(F)c3sc(NC(=O)OC(C)(C)C)c(C#N)c23)c(C#N)c2nc(OC[C@@]34CCCN3C[C@H](F)C4)ncc12)C1CC(O)C1. The molecule has 3 aliphatic rings. The highest BCUT2D eigenvalue weighted by Gasteiger charge is 2.49. The smallest absolute Gasteiger partial charge is 0.412 e. The lowest BCUT2D eigenvalue weighted by atomic mass is 9.87. The molecule has 1 amide bonds. The summed E-state index contributed by atoms with van der Waals surface area (Å²) in [6.07, 6.45) is 2.39. The van der Waals surface area contributed by atoms with E-state index in [1.165, 1.54) is 12.1 Å². The number of hydrogen-bond donors (Lipinski definition) is 2. The van der Waals surface area contributed by atoms with Gasteiger partial charge >= 0.3 is 12.1 Å². The molecule has 2 N–H and O–H groups in total. The zero-order chi connectivity index (χ0) is 36.4. The summed E-state index contributed by atoms with van der Waals surface area (Å²) in [6, 6.07) is 6.94. The molecule has 4 aromatic rings. The first-order valence-corrected chi connectivity index (χ1v) is 17.9. The summed E-state index contributed by atoms with van der Waals surface area (Å²) in [7, 11) is 1.83. The summed E-state index contributed by atoms with van der Waals surface area (Å²) in [6.45, 7) is 6.43. The second kappa shape index (κ2) is 13.0. The molecule has 3 fully saturated rings. The van der Waals surface area contributed by atoms with Crippen LogP contribution in [0.2, 0.25) is 5.02 Å². The number of nitriles is 2. The lowest BCUT2D eigenvalue weighted by molar-refractivity contribution is 0.0636. The lowest BCUT2D eigenvalue weighted by Crippen LogP contribution is -2.45. The van der Waals surface area contributed by atoms with Gasteiger partial charge < -0.3 is 19.5 Å². The van der Waals surface area contributed by atoms with Crippen molar-refractivity contribution in [2.75, 3.05) is 37.0 Å². The third kappa shape index (κ3) is 6.18. The van der Waals surface area contributed by atoms with E-state index in [-0.39, 0.29) is 66.5 Å². The average Bonchev–Trinajstić information content (AvgIpc) is 3.71. The lowest BCUT2D eigenvalue weighted by Gasteiger charge is -2.40. The number of ether oxygens (including phenoxy) is 2. The molecule has 0 radical (unpaired) electrons. The number of hydrogen-bond acceptors (Lipinski definition) is 11. The van der Waals surface area contributed by atoms with Gasteiger partial charge in [0.2, 0.25) is 0 Å². The Bertz CT molecular complexity index is 2160. The van der Waals surface area contributed by atoms with E-state index in [2.05, 4.69) is 27.3 Å². The number of rotatable bonds is 7. The number of aliphatic hydroxyl groups excluding tert-OH is 1. The third-order valence-corrected chi connectivity index (χ3v) is 11.5.